The van der Waals surface area contributed by atoms with Crippen LogP contribution < -0.4 is 11.1 Å². The smallest absolute Gasteiger partial charge is 0.237 e. The zero-order valence-electron chi connectivity index (χ0n) is 14.8. The van der Waals surface area contributed by atoms with Crippen LogP contribution in [0.1, 0.15) is 31.9 Å². The van der Waals surface area contributed by atoms with Gasteiger partial charge in [-0.15, -0.1) is 12.4 Å². The number of hydrogen-bond acceptors (Lipinski definition) is 4. The molecule has 0 aromatic heterocycles. The highest BCUT2D eigenvalue weighted by Gasteiger charge is 2.18. The predicted molar refractivity (Wildman–Crippen MR) is 99.0 cm³/mol. The summed E-state index contributed by atoms with van der Waals surface area (Å²) in [5.74, 6) is 0.0528. The molecule has 6 heteroatoms. The number of rotatable bonds is 6. The topological polar surface area (TPSA) is 67.6 Å². The second-order valence-corrected chi connectivity index (χ2v) is 6.72. The van der Waals surface area contributed by atoms with Crippen molar-refractivity contribution in [3.8, 4) is 0 Å². The third-order valence-electron chi connectivity index (χ3n) is 4.21. The summed E-state index contributed by atoms with van der Waals surface area (Å²) in [7, 11) is 0. The van der Waals surface area contributed by atoms with Crippen molar-refractivity contribution in [2.45, 2.75) is 46.0 Å². The van der Waals surface area contributed by atoms with Gasteiger partial charge in [0.2, 0.25) is 5.91 Å². The molecule has 0 bridgehead atoms. The molecule has 1 aromatic rings. The van der Waals surface area contributed by atoms with E-state index in [2.05, 4.69) is 29.3 Å². The molecule has 1 aliphatic heterocycles. The lowest BCUT2D eigenvalue weighted by molar-refractivity contribution is -0.123. The number of carbonyl (C=O) groups excluding carboxylic acids is 1. The Kier molecular flexibility index (Phi) is 8.70. The molecule has 3 N–H and O–H groups in total. The van der Waals surface area contributed by atoms with E-state index >= 15 is 0 Å². The zero-order valence-corrected chi connectivity index (χ0v) is 15.6. The van der Waals surface area contributed by atoms with E-state index in [0.29, 0.717) is 12.6 Å². The first-order valence-electron chi connectivity index (χ1n) is 8.40. The number of morpholine rings is 1. The lowest BCUT2D eigenvalue weighted by atomic mass is 10.0. The van der Waals surface area contributed by atoms with E-state index in [0.717, 1.165) is 31.8 Å². The van der Waals surface area contributed by atoms with Crippen LogP contribution in [0.2, 0.25) is 0 Å². The summed E-state index contributed by atoms with van der Waals surface area (Å²) in [5.41, 5.74) is 8.23. The standard InChI is InChI=1S/C18H29N3O2.ClH/c1-13(2)17(19)18(22)20-10-15-5-4-6-16(9-15)12-21-7-8-23-14(3)11-21;/h4-6,9,13-14,17H,7-8,10-12,19H2,1-3H3,(H,20,22);1H/t14?,17-;/m0./s1. The van der Waals surface area contributed by atoms with Crippen LogP contribution in [0.25, 0.3) is 0 Å². The van der Waals surface area contributed by atoms with Crippen molar-refractivity contribution >= 4 is 18.3 Å². The van der Waals surface area contributed by atoms with E-state index in [9.17, 15) is 4.79 Å². The highest BCUT2D eigenvalue weighted by Crippen LogP contribution is 2.12. The molecular formula is C18H30ClN3O2. The molecule has 1 fully saturated rings. The summed E-state index contributed by atoms with van der Waals surface area (Å²) in [6.07, 6.45) is 0.295. The molecular weight excluding hydrogens is 326 g/mol. The SMILES string of the molecule is CC1CN(Cc2cccc(CNC(=O)[C@@H](N)C(C)C)c2)CCO1.Cl. The minimum Gasteiger partial charge on any atom is -0.376 e. The molecule has 1 unspecified atom stereocenters. The van der Waals surface area contributed by atoms with E-state index in [1.165, 1.54) is 5.56 Å². The highest BCUT2D eigenvalue weighted by atomic mass is 35.5. The third kappa shape index (κ3) is 6.40. The zero-order chi connectivity index (χ0) is 16.8. The van der Waals surface area contributed by atoms with Crippen molar-refractivity contribution in [3.05, 3.63) is 35.4 Å². The number of hydrogen-bond donors (Lipinski definition) is 2. The maximum absolute atomic E-state index is 11.9. The number of carbonyl (C=O) groups is 1. The maximum atomic E-state index is 11.9. The van der Waals surface area contributed by atoms with Crippen LogP contribution in [-0.2, 0) is 22.6 Å². The first kappa shape index (κ1) is 20.9. The number of ether oxygens (including phenoxy) is 1. The summed E-state index contributed by atoms with van der Waals surface area (Å²) >= 11 is 0. The van der Waals surface area contributed by atoms with Gasteiger partial charge in [-0.2, -0.15) is 0 Å². The number of nitrogens with zero attached hydrogens (tertiary/aromatic N) is 1. The van der Waals surface area contributed by atoms with E-state index in [-0.39, 0.29) is 24.2 Å². The normalized spacial score (nSPS) is 19.6. The monoisotopic (exact) mass is 355 g/mol. The van der Waals surface area contributed by atoms with Gasteiger partial charge in [0.25, 0.3) is 0 Å². The molecule has 0 spiro atoms. The third-order valence-corrected chi connectivity index (χ3v) is 4.21. The van der Waals surface area contributed by atoms with Crippen LogP contribution in [-0.4, -0.2) is 42.6 Å². The van der Waals surface area contributed by atoms with Crippen LogP contribution in [0.15, 0.2) is 24.3 Å². The summed E-state index contributed by atoms with van der Waals surface area (Å²) in [5, 5.41) is 2.92. The molecule has 1 aliphatic rings. The summed E-state index contributed by atoms with van der Waals surface area (Å²) in [6, 6.07) is 7.91. The van der Waals surface area contributed by atoms with Crippen LogP contribution in [0, 0.1) is 5.92 Å². The van der Waals surface area contributed by atoms with E-state index < -0.39 is 6.04 Å². The quantitative estimate of drug-likeness (QED) is 0.818. The molecule has 1 heterocycles. The van der Waals surface area contributed by atoms with Crippen LogP contribution in [0.4, 0.5) is 0 Å². The van der Waals surface area contributed by atoms with Gasteiger partial charge in [-0.05, 0) is 24.0 Å². The Bertz CT molecular complexity index is 525. The van der Waals surface area contributed by atoms with Crippen LogP contribution in [0.5, 0.6) is 0 Å². The van der Waals surface area contributed by atoms with Gasteiger partial charge in [-0.25, -0.2) is 0 Å². The number of nitrogens with one attached hydrogen (secondary N) is 1. The molecule has 24 heavy (non-hydrogen) atoms. The number of benzene rings is 1. The van der Waals surface area contributed by atoms with Gasteiger partial charge in [0, 0.05) is 26.2 Å². The van der Waals surface area contributed by atoms with E-state index in [1.54, 1.807) is 0 Å². The first-order valence-corrected chi connectivity index (χ1v) is 8.40. The van der Waals surface area contributed by atoms with Crippen LogP contribution >= 0.6 is 12.4 Å². The molecule has 0 saturated carbocycles. The molecule has 5 nitrogen and oxygen atoms in total. The molecule has 1 amide bonds. The van der Waals surface area contributed by atoms with Gasteiger partial charge in [-0.1, -0.05) is 38.1 Å². The van der Waals surface area contributed by atoms with Gasteiger partial charge < -0.3 is 15.8 Å². The van der Waals surface area contributed by atoms with E-state index in [1.807, 2.05) is 26.0 Å². The molecule has 2 atom stereocenters. The fourth-order valence-electron chi connectivity index (χ4n) is 2.74. The van der Waals surface area contributed by atoms with Crippen molar-refractivity contribution in [1.29, 1.82) is 0 Å². The lowest BCUT2D eigenvalue weighted by Gasteiger charge is -2.31. The Morgan fingerprint density at radius 1 is 1.42 bits per heavy atom. The van der Waals surface area contributed by atoms with Crippen molar-refractivity contribution in [3.63, 3.8) is 0 Å². The Morgan fingerprint density at radius 3 is 2.79 bits per heavy atom. The van der Waals surface area contributed by atoms with Crippen molar-refractivity contribution in [2.24, 2.45) is 11.7 Å². The van der Waals surface area contributed by atoms with Gasteiger partial charge in [-0.3, -0.25) is 9.69 Å². The summed E-state index contributed by atoms with van der Waals surface area (Å²) in [6.45, 7) is 10.2. The lowest BCUT2D eigenvalue weighted by Crippen LogP contribution is -2.43. The Labute approximate surface area is 151 Å². The summed E-state index contributed by atoms with van der Waals surface area (Å²) < 4.78 is 5.58. The maximum Gasteiger partial charge on any atom is 0.237 e. The van der Waals surface area contributed by atoms with Gasteiger partial charge in [0.15, 0.2) is 0 Å². The Hall–Kier alpha value is -1.14. The Morgan fingerprint density at radius 2 is 2.12 bits per heavy atom. The average Bonchev–Trinajstić information content (AvgIpc) is 2.52. The molecule has 2 rings (SSSR count). The minimum absolute atomic E-state index is 0. The number of amides is 1. The van der Waals surface area contributed by atoms with Gasteiger partial charge in [0.1, 0.15) is 0 Å². The molecule has 136 valence electrons. The van der Waals surface area contributed by atoms with Gasteiger partial charge in [0.05, 0.1) is 18.8 Å². The molecule has 0 radical (unpaired) electrons. The van der Waals surface area contributed by atoms with Crippen molar-refractivity contribution < 1.29 is 9.53 Å². The predicted octanol–water partition coefficient (Wildman–Crippen LogP) is 1.93. The van der Waals surface area contributed by atoms with Crippen molar-refractivity contribution in [2.75, 3.05) is 19.7 Å². The van der Waals surface area contributed by atoms with Crippen molar-refractivity contribution in [1.82, 2.24) is 10.2 Å². The fourth-order valence-corrected chi connectivity index (χ4v) is 2.74. The summed E-state index contributed by atoms with van der Waals surface area (Å²) in [4.78, 5) is 14.3. The second kappa shape index (κ2) is 9.99. The van der Waals surface area contributed by atoms with Crippen LogP contribution in [0.3, 0.4) is 0 Å². The molecule has 1 aromatic carbocycles. The second-order valence-electron chi connectivity index (χ2n) is 6.72. The number of nitrogens with two attached hydrogens (primary N) is 1. The number of halogens is 1. The molecule has 0 aliphatic carbocycles. The first-order chi connectivity index (χ1) is 11.0. The average molecular weight is 356 g/mol. The highest BCUT2D eigenvalue weighted by molar-refractivity contribution is 5.85. The van der Waals surface area contributed by atoms with Gasteiger partial charge >= 0.3 is 0 Å². The fraction of sp³-hybridized carbons (Fsp3) is 0.611. The minimum atomic E-state index is -0.451. The molecule has 1 saturated heterocycles. The van der Waals surface area contributed by atoms with E-state index in [4.69, 9.17) is 10.5 Å². The largest absolute Gasteiger partial charge is 0.376 e. The Balaban J connectivity index is 0.00000288.